The largest absolute Gasteiger partial charge is 0.481 e. The molecule has 24 heavy (non-hydrogen) atoms. The van der Waals surface area contributed by atoms with Crippen LogP contribution in [0, 0.1) is 0 Å². The first-order chi connectivity index (χ1) is 11.2. The number of rotatable bonds is 11. The van der Waals surface area contributed by atoms with Crippen LogP contribution in [0.25, 0.3) is 0 Å². The van der Waals surface area contributed by atoms with Crippen molar-refractivity contribution in [2.24, 2.45) is 0 Å². The molecule has 0 fully saturated rings. The van der Waals surface area contributed by atoms with Crippen molar-refractivity contribution >= 4 is 58.8 Å². The second-order valence-electron chi connectivity index (χ2n) is 4.69. The molecule has 0 saturated carbocycles. The number of carboxylic acids is 2. The molecule has 0 amide bonds. The summed E-state index contributed by atoms with van der Waals surface area (Å²) >= 11 is 7.71. The molecule has 0 aliphatic rings. The molecular weight excluding hydrogens is 392 g/mol. The van der Waals surface area contributed by atoms with Crippen LogP contribution in [0.5, 0.6) is 0 Å². The van der Waals surface area contributed by atoms with Crippen molar-refractivity contribution in [2.75, 3.05) is 24.7 Å². The highest BCUT2D eigenvalue weighted by atomic mass is 33.1. The molecule has 0 spiro atoms. The van der Waals surface area contributed by atoms with Crippen molar-refractivity contribution < 1.29 is 30.0 Å². The van der Waals surface area contributed by atoms with Crippen LogP contribution in [0.15, 0.2) is 0 Å². The third-order valence-corrected chi connectivity index (χ3v) is 4.74. The number of aliphatic hydroxyl groups excluding tert-OH is 2. The van der Waals surface area contributed by atoms with E-state index in [-0.39, 0.29) is 36.6 Å². The molecular formula is C14H30O6S4. The van der Waals surface area contributed by atoms with Crippen molar-refractivity contribution in [3.63, 3.8) is 0 Å². The van der Waals surface area contributed by atoms with Crippen LogP contribution in [-0.2, 0) is 9.59 Å². The van der Waals surface area contributed by atoms with Gasteiger partial charge in [0.15, 0.2) is 0 Å². The van der Waals surface area contributed by atoms with E-state index in [9.17, 15) is 9.59 Å². The van der Waals surface area contributed by atoms with Gasteiger partial charge in [0, 0.05) is 35.2 Å². The lowest BCUT2D eigenvalue weighted by atomic mass is 10.3. The third-order valence-electron chi connectivity index (χ3n) is 1.79. The highest BCUT2D eigenvalue weighted by molar-refractivity contribution is 8.76. The van der Waals surface area contributed by atoms with Crippen molar-refractivity contribution in [3.05, 3.63) is 0 Å². The van der Waals surface area contributed by atoms with E-state index in [4.69, 9.17) is 20.4 Å². The monoisotopic (exact) mass is 422 g/mol. The average Bonchev–Trinajstić information content (AvgIpc) is 2.41. The SMILES string of the molecule is CC(S)CC(=O)O.CC(S)CC(=O)O.OCCCSSCCCO. The smallest absolute Gasteiger partial charge is 0.304 e. The number of carbonyl (C=O) groups is 2. The van der Waals surface area contributed by atoms with Gasteiger partial charge in [-0.1, -0.05) is 35.4 Å². The van der Waals surface area contributed by atoms with Gasteiger partial charge in [-0.15, -0.1) is 0 Å². The Morgan fingerprint density at radius 3 is 1.25 bits per heavy atom. The first kappa shape index (κ1) is 29.0. The molecule has 0 aliphatic carbocycles. The van der Waals surface area contributed by atoms with E-state index in [2.05, 4.69) is 25.3 Å². The molecule has 0 bridgehead atoms. The summed E-state index contributed by atoms with van der Waals surface area (Å²) < 4.78 is 0. The summed E-state index contributed by atoms with van der Waals surface area (Å²) in [5.74, 6) is 0.434. The summed E-state index contributed by atoms with van der Waals surface area (Å²) in [6.45, 7) is 4.07. The Kier molecular flexibility index (Phi) is 28.1. The zero-order valence-corrected chi connectivity index (χ0v) is 17.5. The standard InChI is InChI=1S/C6H14O2S2.2C4H8O2S/c7-3-1-5-9-10-6-2-4-8;2*1-3(7)2-4(5)6/h7-8H,1-6H2;2*3,7H,2H2,1H3,(H,5,6). The van der Waals surface area contributed by atoms with Crippen molar-refractivity contribution in [1.82, 2.24) is 0 Å². The van der Waals surface area contributed by atoms with Gasteiger partial charge in [-0.25, -0.2) is 0 Å². The number of aliphatic carboxylic acids is 2. The van der Waals surface area contributed by atoms with Gasteiger partial charge in [0.2, 0.25) is 0 Å². The zero-order chi connectivity index (χ0) is 19.4. The van der Waals surface area contributed by atoms with Gasteiger partial charge in [0.25, 0.3) is 0 Å². The number of hydrogen-bond donors (Lipinski definition) is 6. The summed E-state index contributed by atoms with van der Waals surface area (Å²) in [4.78, 5) is 19.5. The molecule has 4 N–H and O–H groups in total. The van der Waals surface area contributed by atoms with Gasteiger partial charge in [-0.2, -0.15) is 25.3 Å². The van der Waals surface area contributed by atoms with Gasteiger partial charge in [0.1, 0.15) is 0 Å². The second kappa shape index (κ2) is 23.3. The van der Waals surface area contributed by atoms with E-state index >= 15 is 0 Å². The molecule has 0 saturated heterocycles. The molecule has 0 aromatic heterocycles. The van der Waals surface area contributed by atoms with Crippen molar-refractivity contribution in [1.29, 1.82) is 0 Å². The molecule has 0 aromatic rings. The summed E-state index contributed by atoms with van der Waals surface area (Å²) in [5, 5.41) is 32.8. The maximum absolute atomic E-state index is 9.76. The van der Waals surface area contributed by atoms with Crippen LogP contribution in [-0.4, -0.2) is 67.6 Å². The predicted octanol–water partition coefficient (Wildman–Crippen LogP) is 2.69. The lowest BCUT2D eigenvalue weighted by molar-refractivity contribution is -0.137. The summed E-state index contributed by atoms with van der Waals surface area (Å²) in [6.07, 6.45) is 2.03. The molecule has 0 heterocycles. The minimum Gasteiger partial charge on any atom is -0.481 e. The van der Waals surface area contributed by atoms with E-state index in [0.29, 0.717) is 0 Å². The molecule has 2 atom stereocenters. The highest BCUT2D eigenvalue weighted by Gasteiger charge is 1.99. The van der Waals surface area contributed by atoms with Gasteiger partial charge in [-0.05, 0) is 12.8 Å². The maximum atomic E-state index is 9.76. The van der Waals surface area contributed by atoms with Crippen LogP contribution < -0.4 is 0 Å². The Morgan fingerprint density at radius 1 is 0.833 bits per heavy atom. The van der Waals surface area contributed by atoms with Crippen molar-refractivity contribution in [2.45, 2.75) is 50.0 Å². The van der Waals surface area contributed by atoms with E-state index in [1.165, 1.54) is 0 Å². The second-order valence-corrected chi connectivity index (χ2v) is 9.16. The normalized spacial score (nSPS) is 12.1. The van der Waals surface area contributed by atoms with E-state index in [1.54, 1.807) is 35.4 Å². The molecule has 6 nitrogen and oxygen atoms in total. The number of aliphatic hydroxyl groups is 2. The summed E-state index contributed by atoms with van der Waals surface area (Å²) in [5.41, 5.74) is 0. The number of carboxylic acid groups (broad SMARTS) is 2. The molecule has 0 aromatic carbocycles. The van der Waals surface area contributed by atoms with Crippen LogP contribution in [0.3, 0.4) is 0 Å². The molecule has 10 heteroatoms. The Hall–Kier alpha value is 0.260. The molecule has 0 radical (unpaired) electrons. The van der Waals surface area contributed by atoms with E-state index in [0.717, 1.165) is 24.3 Å². The molecule has 0 aliphatic heterocycles. The number of hydrogen-bond acceptors (Lipinski definition) is 8. The minimum absolute atomic E-state index is 0.0301. The highest BCUT2D eigenvalue weighted by Crippen LogP contribution is 2.21. The van der Waals surface area contributed by atoms with Crippen LogP contribution in [0.4, 0.5) is 0 Å². The minimum atomic E-state index is -0.789. The quantitative estimate of drug-likeness (QED) is 0.171. The topological polar surface area (TPSA) is 115 Å². The maximum Gasteiger partial charge on any atom is 0.304 e. The van der Waals surface area contributed by atoms with E-state index < -0.39 is 11.9 Å². The Labute approximate surface area is 163 Å². The Bertz CT molecular complexity index is 262. The Morgan fingerprint density at radius 2 is 1.12 bits per heavy atom. The summed E-state index contributed by atoms with van der Waals surface area (Å²) in [7, 11) is 3.53. The zero-order valence-electron chi connectivity index (χ0n) is 14.1. The Balaban J connectivity index is -0.000000283. The number of thiol groups is 2. The first-order valence-electron chi connectivity index (χ1n) is 7.43. The van der Waals surface area contributed by atoms with E-state index in [1.807, 2.05) is 0 Å². The lowest BCUT2D eigenvalue weighted by Crippen LogP contribution is -2.01. The average molecular weight is 423 g/mol. The van der Waals surface area contributed by atoms with Crippen molar-refractivity contribution in [3.8, 4) is 0 Å². The van der Waals surface area contributed by atoms with Gasteiger partial charge < -0.3 is 20.4 Å². The third kappa shape index (κ3) is 43.2. The predicted molar refractivity (Wildman–Crippen MR) is 110 cm³/mol. The van der Waals surface area contributed by atoms with Crippen LogP contribution >= 0.6 is 46.8 Å². The van der Waals surface area contributed by atoms with Crippen LogP contribution in [0.2, 0.25) is 0 Å². The van der Waals surface area contributed by atoms with Gasteiger partial charge in [0.05, 0.1) is 12.8 Å². The molecule has 146 valence electrons. The fraction of sp³-hybridized carbons (Fsp3) is 0.857. The van der Waals surface area contributed by atoms with Gasteiger partial charge >= 0.3 is 11.9 Å². The molecule has 2 unspecified atom stereocenters. The van der Waals surface area contributed by atoms with Gasteiger partial charge in [-0.3, -0.25) is 9.59 Å². The summed E-state index contributed by atoms with van der Waals surface area (Å²) in [6, 6.07) is 0. The first-order valence-corrected chi connectivity index (χ1v) is 10.9. The fourth-order valence-electron chi connectivity index (χ4n) is 0.870. The van der Waals surface area contributed by atoms with Crippen LogP contribution in [0.1, 0.15) is 39.5 Å². The molecule has 0 rings (SSSR count). The fourth-order valence-corrected chi connectivity index (χ4v) is 3.33. The lowest BCUT2D eigenvalue weighted by Gasteiger charge is -1.96.